The number of para-hydroxylation sites is 1. The van der Waals surface area contributed by atoms with Crippen LogP contribution >= 0.6 is 15.9 Å². The summed E-state index contributed by atoms with van der Waals surface area (Å²) in [4.78, 5) is 0. The topological polar surface area (TPSA) is 4.41 Å². The maximum absolute atomic E-state index is 3.61. The number of fused-ring (bicyclic) bond motifs is 6. The average Bonchev–Trinajstić information content (AvgIpc) is 3.36. The number of aromatic nitrogens is 1. The minimum absolute atomic E-state index is 1.10. The summed E-state index contributed by atoms with van der Waals surface area (Å²) in [5.74, 6) is 0. The molecule has 7 rings (SSSR count). The van der Waals surface area contributed by atoms with Crippen molar-refractivity contribution < 1.29 is 0 Å². The molecular formula is C30H18BrN. The van der Waals surface area contributed by atoms with E-state index in [4.69, 9.17) is 0 Å². The van der Waals surface area contributed by atoms with Gasteiger partial charge in [0.2, 0.25) is 0 Å². The molecule has 0 saturated carbocycles. The molecule has 150 valence electrons. The van der Waals surface area contributed by atoms with Gasteiger partial charge in [0.05, 0.1) is 16.6 Å². The summed E-state index contributed by atoms with van der Waals surface area (Å²) in [5, 5.41) is 5.24. The van der Waals surface area contributed by atoms with Crippen molar-refractivity contribution in [1.82, 2.24) is 4.40 Å². The van der Waals surface area contributed by atoms with Gasteiger partial charge in [0.1, 0.15) is 0 Å². The van der Waals surface area contributed by atoms with E-state index in [0.29, 0.717) is 0 Å². The van der Waals surface area contributed by atoms with Crippen molar-refractivity contribution >= 4 is 54.0 Å². The summed E-state index contributed by atoms with van der Waals surface area (Å²) in [6.07, 6.45) is 0. The zero-order valence-corrected chi connectivity index (χ0v) is 18.8. The lowest BCUT2D eigenvalue weighted by Gasteiger charge is -2.05. The fourth-order valence-electron chi connectivity index (χ4n) is 5.14. The second-order valence-electron chi connectivity index (χ2n) is 8.38. The number of hydrogen-bond acceptors (Lipinski definition) is 0. The summed E-state index contributed by atoms with van der Waals surface area (Å²) in [7, 11) is 0. The van der Waals surface area contributed by atoms with Gasteiger partial charge < -0.3 is 4.40 Å². The van der Waals surface area contributed by atoms with Gasteiger partial charge in [-0.2, -0.15) is 0 Å². The first kappa shape index (κ1) is 18.0. The predicted octanol–water partition coefficient (Wildman–Crippen LogP) is 8.93. The van der Waals surface area contributed by atoms with Crippen LogP contribution in [-0.2, 0) is 0 Å². The third kappa shape index (κ3) is 2.50. The van der Waals surface area contributed by atoms with Crippen LogP contribution in [0.15, 0.2) is 114 Å². The minimum atomic E-state index is 1.10. The number of rotatable bonds is 2. The molecule has 0 unspecified atom stereocenters. The first-order chi connectivity index (χ1) is 15.8. The largest absolute Gasteiger partial charge is 0.308 e. The van der Waals surface area contributed by atoms with Gasteiger partial charge in [-0.25, -0.2) is 0 Å². The Morgan fingerprint density at radius 2 is 1.00 bits per heavy atom. The Morgan fingerprint density at radius 3 is 1.66 bits per heavy atom. The number of halogens is 1. The highest BCUT2D eigenvalue weighted by atomic mass is 79.9. The molecule has 0 aliphatic heterocycles. The normalized spacial score (nSPS) is 11.9. The monoisotopic (exact) mass is 471 g/mol. The first-order valence-electron chi connectivity index (χ1n) is 10.8. The van der Waals surface area contributed by atoms with Gasteiger partial charge in [-0.15, -0.1) is 0 Å². The molecule has 0 saturated heterocycles. The molecular weight excluding hydrogens is 454 g/mol. The predicted molar refractivity (Wildman–Crippen MR) is 140 cm³/mol. The van der Waals surface area contributed by atoms with Crippen LogP contribution in [0.25, 0.3) is 60.3 Å². The second kappa shape index (κ2) is 6.69. The summed E-state index contributed by atoms with van der Waals surface area (Å²) >= 11 is 3.61. The van der Waals surface area contributed by atoms with E-state index in [1.807, 2.05) is 0 Å². The maximum atomic E-state index is 3.61. The summed E-state index contributed by atoms with van der Waals surface area (Å²) in [6, 6.07) is 39.5. The standard InChI is InChI=1S/C30H18BrN/c31-23-9-4-8-20(16-23)22-13-15-29-27(18-22)25-11-5-10-24-26-17-21(19-6-2-1-3-7-19)12-14-28(26)32(29)30(24)25/h1-18H. The van der Waals surface area contributed by atoms with E-state index >= 15 is 0 Å². The van der Waals surface area contributed by atoms with Crippen molar-refractivity contribution in [3.8, 4) is 22.3 Å². The van der Waals surface area contributed by atoms with Crippen molar-refractivity contribution in [3.63, 3.8) is 0 Å². The SMILES string of the molecule is Brc1cccc(-c2ccc3c(c2)c2cccc4c5cc(-c6ccccc6)ccc5n3c42)c1. The van der Waals surface area contributed by atoms with Crippen LogP contribution in [0.5, 0.6) is 0 Å². The van der Waals surface area contributed by atoms with Crippen LogP contribution in [0.1, 0.15) is 0 Å². The minimum Gasteiger partial charge on any atom is -0.308 e. The molecule has 0 fully saturated rings. The van der Waals surface area contributed by atoms with E-state index in [9.17, 15) is 0 Å². The van der Waals surface area contributed by atoms with Gasteiger partial charge in [0.25, 0.3) is 0 Å². The maximum Gasteiger partial charge on any atom is 0.0620 e. The molecule has 0 atom stereocenters. The van der Waals surface area contributed by atoms with Crippen LogP contribution in [0, 0.1) is 0 Å². The van der Waals surface area contributed by atoms with E-state index in [1.165, 1.54) is 60.3 Å². The van der Waals surface area contributed by atoms with E-state index in [0.717, 1.165) is 4.47 Å². The second-order valence-corrected chi connectivity index (χ2v) is 9.29. The fraction of sp³-hybridized carbons (Fsp3) is 0. The Morgan fingerprint density at radius 1 is 0.438 bits per heavy atom. The molecule has 0 aliphatic rings. The van der Waals surface area contributed by atoms with Crippen molar-refractivity contribution in [2.75, 3.05) is 0 Å². The molecule has 0 aliphatic carbocycles. The van der Waals surface area contributed by atoms with Gasteiger partial charge in [0, 0.05) is 26.0 Å². The molecule has 32 heavy (non-hydrogen) atoms. The molecule has 0 amide bonds. The summed E-state index contributed by atoms with van der Waals surface area (Å²) < 4.78 is 3.54. The van der Waals surface area contributed by atoms with Gasteiger partial charge in [-0.3, -0.25) is 0 Å². The van der Waals surface area contributed by atoms with Crippen LogP contribution < -0.4 is 0 Å². The summed E-state index contributed by atoms with van der Waals surface area (Å²) in [5.41, 5.74) is 8.82. The van der Waals surface area contributed by atoms with Crippen LogP contribution in [0.4, 0.5) is 0 Å². The summed E-state index contributed by atoms with van der Waals surface area (Å²) in [6.45, 7) is 0. The zero-order valence-electron chi connectivity index (χ0n) is 17.2. The smallest absolute Gasteiger partial charge is 0.0620 e. The molecule has 0 radical (unpaired) electrons. The lowest BCUT2D eigenvalue weighted by molar-refractivity contribution is 1.37. The van der Waals surface area contributed by atoms with Crippen molar-refractivity contribution in [1.29, 1.82) is 0 Å². The quantitative estimate of drug-likeness (QED) is 0.237. The molecule has 0 bridgehead atoms. The highest BCUT2D eigenvalue weighted by molar-refractivity contribution is 9.10. The van der Waals surface area contributed by atoms with Crippen LogP contribution in [0.2, 0.25) is 0 Å². The first-order valence-corrected chi connectivity index (χ1v) is 11.6. The highest BCUT2D eigenvalue weighted by Gasteiger charge is 2.18. The molecule has 2 heteroatoms. The number of benzene rings is 5. The Bertz CT molecular complexity index is 1780. The number of nitrogens with zero attached hydrogens (tertiary/aromatic N) is 1. The van der Waals surface area contributed by atoms with Gasteiger partial charge >= 0.3 is 0 Å². The average molecular weight is 472 g/mol. The van der Waals surface area contributed by atoms with E-state index in [-0.39, 0.29) is 0 Å². The third-order valence-corrected chi connectivity index (χ3v) is 7.07. The van der Waals surface area contributed by atoms with Gasteiger partial charge in [-0.05, 0) is 58.7 Å². The van der Waals surface area contributed by atoms with Crippen LogP contribution in [-0.4, -0.2) is 4.40 Å². The zero-order chi connectivity index (χ0) is 21.2. The number of hydrogen-bond donors (Lipinski definition) is 0. The Labute approximate surface area is 194 Å². The molecule has 2 aromatic heterocycles. The van der Waals surface area contributed by atoms with Crippen molar-refractivity contribution in [2.45, 2.75) is 0 Å². The molecule has 0 spiro atoms. The third-order valence-electron chi connectivity index (χ3n) is 6.58. The lowest BCUT2D eigenvalue weighted by atomic mass is 10.0. The van der Waals surface area contributed by atoms with E-state index < -0.39 is 0 Å². The van der Waals surface area contributed by atoms with Crippen LogP contribution in [0.3, 0.4) is 0 Å². The van der Waals surface area contributed by atoms with Crippen molar-refractivity contribution in [2.24, 2.45) is 0 Å². The van der Waals surface area contributed by atoms with Gasteiger partial charge in [0.15, 0.2) is 0 Å². The van der Waals surface area contributed by atoms with E-state index in [2.05, 4.69) is 130 Å². The lowest BCUT2D eigenvalue weighted by Crippen LogP contribution is -1.83. The Kier molecular flexibility index (Phi) is 3.76. The molecule has 1 nitrogen and oxygen atoms in total. The van der Waals surface area contributed by atoms with Gasteiger partial charge in [-0.1, -0.05) is 88.7 Å². The molecule has 7 aromatic rings. The molecule has 5 aromatic carbocycles. The van der Waals surface area contributed by atoms with Crippen molar-refractivity contribution in [3.05, 3.63) is 114 Å². The Balaban J connectivity index is 1.54. The van der Waals surface area contributed by atoms with E-state index in [1.54, 1.807) is 0 Å². The molecule has 2 heterocycles. The molecule has 0 N–H and O–H groups in total. The highest BCUT2D eigenvalue weighted by Crippen LogP contribution is 2.41. The fourth-order valence-corrected chi connectivity index (χ4v) is 5.54. The Hall–Kier alpha value is -3.62.